The maximum atomic E-state index is 12.5. The van der Waals surface area contributed by atoms with Crippen molar-refractivity contribution in [1.82, 2.24) is 9.99 Å². The zero-order chi connectivity index (χ0) is 16.2. The molecule has 0 radical (unpaired) electrons. The third-order valence-electron chi connectivity index (χ3n) is 3.55. The highest BCUT2D eigenvalue weighted by Crippen LogP contribution is 2.20. The van der Waals surface area contributed by atoms with Gasteiger partial charge in [0.05, 0.1) is 12.3 Å². The Bertz CT molecular complexity index is 744. The average Bonchev–Trinajstić information content (AvgIpc) is 2.83. The van der Waals surface area contributed by atoms with Crippen LogP contribution in [0.25, 0.3) is 0 Å². The van der Waals surface area contributed by atoms with Crippen LogP contribution in [0, 0.1) is 5.92 Å². The van der Waals surface area contributed by atoms with Gasteiger partial charge in [0, 0.05) is 6.20 Å². The van der Waals surface area contributed by atoms with Crippen LogP contribution < -0.4 is 5.32 Å². The number of nitrogens with one attached hydrogen (secondary N) is 1. The standard InChI is InChI=1S/C17H16N4O2/c1-12-15(16(22)19-14-9-5-6-10-18-14)17(23)21(20-12)11-13-7-3-2-4-8-13/h2-10,15H,11H2,1H3,(H,18,19,22)/t15-/m1/s1. The Kier molecular flexibility index (Phi) is 4.14. The molecule has 0 fully saturated rings. The van der Waals surface area contributed by atoms with Gasteiger partial charge in [-0.15, -0.1) is 0 Å². The number of hydrazone groups is 1. The minimum absolute atomic E-state index is 0.320. The van der Waals surface area contributed by atoms with Crippen molar-refractivity contribution in [3.8, 4) is 0 Å². The van der Waals surface area contributed by atoms with Gasteiger partial charge in [0.1, 0.15) is 5.82 Å². The fourth-order valence-electron chi connectivity index (χ4n) is 2.43. The number of pyridine rings is 1. The van der Waals surface area contributed by atoms with Crippen LogP contribution in [0.1, 0.15) is 12.5 Å². The number of anilines is 1. The molecule has 6 heteroatoms. The molecule has 0 bridgehead atoms. The maximum absolute atomic E-state index is 12.5. The molecule has 1 aliphatic rings. The molecule has 2 aromatic rings. The van der Waals surface area contributed by atoms with E-state index in [0.29, 0.717) is 18.1 Å². The normalized spacial score (nSPS) is 17.1. The topological polar surface area (TPSA) is 74.7 Å². The van der Waals surface area contributed by atoms with E-state index in [1.807, 2.05) is 30.3 Å². The molecule has 2 heterocycles. The summed E-state index contributed by atoms with van der Waals surface area (Å²) in [4.78, 5) is 28.9. The molecule has 6 nitrogen and oxygen atoms in total. The van der Waals surface area contributed by atoms with E-state index in [1.165, 1.54) is 5.01 Å². The van der Waals surface area contributed by atoms with Crippen molar-refractivity contribution >= 4 is 23.3 Å². The third-order valence-corrected chi connectivity index (χ3v) is 3.55. The van der Waals surface area contributed by atoms with Crippen molar-refractivity contribution in [2.45, 2.75) is 13.5 Å². The number of amides is 2. The minimum Gasteiger partial charge on any atom is -0.310 e. The van der Waals surface area contributed by atoms with Crippen LogP contribution in [0.15, 0.2) is 59.8 Å². The fraction of sp³-hybridized carbons (Fsp3) is 0.176. The van der Waals surface area contributed by atoms with E-state index in [2.05, 4.69) is 15.4 Å². The van der Waals surface area contributed by atoms with Gasteiger partial charge in [-0.25, -0.2) is 9.99 Å². The summed E-state index contributed by atoms with van der Waals surface area (Å²) in [5.74, 6) is -1.22. The predicted octanol–water partition coefficient (Wildman–Crippen LogP) is 2.05. The Morgan fingerprint density at radius 3 is 2.61 bits per heavy atom. The van der Waals surface area contributed by atoms with E-state index < -0.39 is 11.8 Å². The Morgan fingerprint density at radius 1 is 1.17 bits per heavy atom. The molecule has 0 aliphatic carbocycles. The fourth-order valence-corrected chi connectivity index (χ4v) is 2.43. The van der Waals surface area contributed by atoms with Gasteiger partial charge in [0.15, 0.2) is 5.92 Å². The zero-order valence-electron chi connectivity index (χ0n) is 12.6. The van der Waals surface area contributed by atoms with E-state index in [9.17, 15) is 9.59 Å². The van der Waals surface area contributed by atoms with Gasteiger partial charge >= 0.3 is 0 Å². The van der Waals surface area contributed by atoms with Crippen LogP contribution in [0.3, 0.4) is 0 Å². The van der Waals surface area contributed by atoms with Crippen molar-refractivity contribution < 1.29 is 9.59 Å². The Morgan fingerprint density at radius 2 is 1.91 bits per heavy atom. The van der Waals surface area contributed by atoms with E-state index in [0.717, 1.165) is 5.56 Å². The van der Waals surface area contributed by atoms with Crippen LogP contribution in [-0.4, -0.2) is 27.5 Å². The predicted molar refractivity (Wildman–Crippen MR) is 86.5 cm³/mol. The summed E-state index contributed by atoms with van der Waals surface area (Å²) in [5, 5.41) is 8.22. The molecular weight excluding hydrogens is 292 g/mol. The lowest BCUT2D eigenvalue weighted by Crippen LogP contribution is -2.36. The van der Waals surface area contributed by atoms with Gasteiger partial charge in [0.25, 0.3) is 5.91 Å². The molecule has 0 spiro atoms. The van der Waals surface area contributed by atoms with E-state index in [-0.39, 0.29) is 5.91 Å². The molecule has 0 saturated carbocycles. The Balaban J connectivity index is 1.71. The zero-order valence-corrected chi connectivity index (χ0v) is 12.6. The van der Waals surface area contributed by atoms with E-state index in [1.54, 1.807) is 31.3 Å². The largest absolute Gasteiger partial charge is 0.310 e. The highest BCUT2D eigenvalue weighted by Gasteiger charge is 2.39. The molecule has 0 saturated heterocycles. The monoisotopic (exact) mass is 308 g/mol. The van der Waals surface area contributed by atoms with Crippen LogP contribution in [-0.2, 0) is 16.1 Å². The average molecular weight is 308 g/mol. The Hall–Kier alpha value is -3.02. The number of benzene rings is 1. The number of nitrogens with zero attached hydrogens (tertiary/aromatic N) is 3. The second-order valence-corrected chi connectivity index (χ2v) is 5.26. The molecule has 1 aromatic heterocycles. The van der Waals surface area contributed by atoms with E-state index in [4.69, 9.17) is 0 Å². The number of hydrogen-bond acceptors (Lipinski definition) is 4. The molecule has 2 amide bonds. The van der Waals surface area contributed by atoms with Crippen molar-refractivity contribution in [2.75, 3.05) is 5.32 Å². The quantitative estimate of drug-likeness (QED) is 0.878. The van der Waals surface area contributed by atoms with Crippen LogP contribution in [0.2, 0.25) is 0 Å². The molecule has 3 rings (SSSR count). The summed E-state index contributed by atoms with van der Waals surface area (Å²) in [6.07, 6.45) is 1.58. The SMILES string of the molecule is CC1=NN(Cc2ccccc2)C(=O)[C@H]1C(=O)Nc1ccccn1. The van der Waals surface area contributed by atoms with Crippen molar-refractivity contribution in [3.63, 3.8) is 0 Å². The molecule has 23 heavy (non-hydrogen) atoms. The lowest BCUT2D eigenvalue weighted by Gasteiger charge is -2.14. The number of carbonyl (C=O) groups is 2. The van der Waals surface area contributed by atoms with Gasteiger partial charge in [-0.1, -0.05) is 36.4 Å². The lowest BCUT2D eigenvalue weighted by atomic mass is 10.0. The molecule has 0 unspecified atom stereocenters. The lowest BCUT2D eigenvalue weighted by molar-refractivity contribution is -0.136. The smallest absolute Gasteiger partial charge is 0.261 e. The first-order valence-electron chi connectivity index (χ1n) is 7.27. The van der Waals surface area contributed by atoms with Gasteiger partial charge in [0.2, 0.25) is 5.91 Å². The second kappa shape index (κ2) is 6.39. The van der Waals surface area contributed by atoms with Crippen molar-refractivity contribution in [2.24, 2.45) is 11.0 Å². The van der Waals surface area contributed by atoms with Crippen LogP contribution in [0.5, 0.6) is 0 Å². The van der Waals surface area contributed by atoms with Gasteiger partial charge in [-0.2, -0.15) is 5.10 Å². The molecule has 116 valence electrons. The third kappa shape index (κ3) is 3.26. The number of aromatic nitrogens is 1. The molecule has 1 atom stereocenters. The molecule has 1 N–H and O–H groups in total. The summed E-state index contributed by atoms with van der Waals surface area (Å²) in [6, 6.07) is 14.7. The highest BCUT2D eigenvalue weighted by molar-refractivity contribution is 6.24. The minimum atomic E-state index is -0.902. The summed E-state index contributed by atoms with van der Waals surface area (Å²) in [5.41, 5.74) is 1.45. The maximum Gasteiger partial charge on any atom is 0.261 e. The van der Waals surface area contributed by atoms with Gasteiger partial charge in [-0.05, 0) is 24.6 Å². The molecule has 1 aromatic carbocycles. The first-order chi connectivity index (χ1) is 11.1. The van der Waals surface area contributed by atoms with E-state index >= 15 is 0 Å². The van der Waals surface area contributed by atoms with Gasteiger partial charge in [-0.3, -0.25) is 9.59 Å². The number of rotatable bonds is 4. The molecule has 1 aliphatic heterocycles. The number of hydrogen-bond donors (Lipinski definition) is 1. The summed E-state index contributed by atoms with van der Waals surface area (Å²) in [6.45, 7) is 2.04. The Labute approximate surface area is 133 Å². The first-order valence-corrected chi connectivity index (χ1v) is 7.27. The van der Waals surface area contributed by atoms with Crippen LogP contribution in [0.4, 0.5) is 5.82 Å². The first kappa shape index (κ1) is 14.9. The number of carbonyl (C=O) groups excluding carboxylic acids is 2. The summed E-state index contributed by atoms with van der Waals surface area (Å²) < 4.78 is 0. The highest BCUT2D eigenvalue weighted by atomic mass is 16.2. The van der Waals surface area contributed by atoms with Crippen molar-refractivity contribution in [3.05, 3.63) is 60.3 Å². The van der Waals surface area contributed by atoms with Crippen LogP contribution >= 0.6 is 0 Å². The summed E-state index contributed by atoms with van der Waals surface area (Å²) >= 11 is 0. The van der Waals surface area contributed by atoms with Gasteiger partial charge < -0.3 is 5.32 Å². The molecular formula is C17H16N4O2. The summed E-state index contributed by atoms with van der Waals surface area (Å²) in [7, 11) is 0. The second-order valence-electron chi connectivity index (χ2n) is 5.26. The van der Waals surface area contributed by atoms with Crippen molar-refractivity contribution in [1.29, 1.82) is 0 Å².